The number of nitrogens with one attached hydrogen (secondary N) is 2. The molecule has 0 aromatic carbocycles. The SMILES string of the molecule is CCNc1ccc(S(=O)(=O)NC(C)C2CC2)cn1. The highest BCUT2D eigenvalue weighted by Gasteiger charge is 2.31. The lowest BCUT2D eigenvalue weighted by molar-refractivity contribution is 0.538. The van der Waals surface area contributed by atoms with Crippen LogP contribution in [-0.4, -0.2) is 26.0 Å². The van der Waals surface area contributed by atoms with E-state index in [0.717, 1.165) is 19.4 Å². The fourth-order valence-electron chi connectivity index (χ4n) is 1.83. The smallest absolute Gasteiger partial charge is 0.242 e. The lowest BCUT2D eigenvalue weighted by Crippen LogP contribution is -2.34. The summed E-state index contributed by atoms with van der Waals surface area (Å²) in [5.41, 5.74) is 0. The van der Waals surface area contributed by atoms with E-state index in [2.05, 4.69) is 15.0 Å². The van der Waals surface area contributed by atoms with E-state index >= 15 is 0 Å². The van der Waals surface area contributed by atoms with Crippen molar-refractivity contribution in [3.63, 3.8) is 0 Å². The molecule has 1 aliphatic carbocycles. The zero-order valence-corrected chi connectivity index (χ0v) is 11.5. The van der Waals surface area contributed by atoms with E-state index in [0.29, 0.717) is 11.7 Å². The first-order valence-corrected chi connectivity index (χ1v) is 7.73. The molecule has 6 heteroatoms. The zero-order valence-electron chi connectivity index (χ0n) is 10.7. The summed E-state index contributed by atoms with van der Waals surface area (Å²) >= 11 is 0. The van der Waals surface area contributed by atoms with Gasteiger partial charge in [0, 0.05) is 18.8 Å². The first-order valence-electron chi connectivity index (χ1n) is 6.25. The first kappa shape index (κ1) is 13.3. The average molecular weight is 269 g/mol. The van der Waals surface area contributed by atoms with Gasteiger partial charge in [-0.1, -0.05) is 0 Å². The molecule has 0 radical (unpaired) electrons. The molecule has 2 rings (SSSR count). The van der Waals surface area contributed by atoms with Crippen molar-refractivity contribution in [2.45, 2.75) is 37.6 Å². The molecule has 1 aliphatic rings. The van der Waals surface area contributed by atoms with Crippen LogP contribution in [0.5, 0.6) is 0 Å². The van der Waals surface area contributed by atoms with Crippen molar-refractivity contribution in [3.8, 4) is 0 Å². The summed E-state index contributed by atoms with van der Waals surface area (Å²) in [5.74, 6) is 1.18. The summed E-state index contributed by atoms with van der Waals surface area (Å²) in [6.45, 7) is 4.64. The number of hydrogen-bond acceptors (Lipinski definition) is 4. The fraction of sp³-hybridized carbons (Fsp3) is 0.583. The summed E-state index contributed by atoms with van der Waals surface area (Å²) in [7, 11) is -3.44. The number of sulfonamides is 1. The normalized spacial score (nSPS) is 17.4. The molecular weight excluding hydrogens is 250 g/mol. The summed E-state index contributed by atoms with van der Waals surface area (Å²) in [5, 5.41) is 3.03. The molecule has 1 fully saturated rings. The van der Waals surface area contributed by atoms with Crippen LogP contribution >= 0.6 is 0 Å². The van der Waals surface area contributed by atoms with E-state index < -0.39 is 10.0 Å². The number of hydrogen-bond donors (Lipinski definition) is 2. The Morgan fingerprint density at radius 2 is 2.17 bits per heavy atom. The highest BCUT2D eigenvalue weighted by atomic mass is 32.2. The van der Waals surface area contributed by atoms with Gasteiger partial charge in [0.2, 0.25) is 10.0 Å². The van der Waals surface area contributed by atoms with Crippen LogP contribution in [-0.2, 0) is 10.0 Å². The Hall–Kier alpha value is -1.14. The van der Waals surface area contributed by atoms with Gasteiger partial charge in [-0.05, 0) is 44.7 Å². The second kappa shape index (κ2) is 5.24. The first-order chi connectivity index (χ1) is 8.53. The van der Waals surface area contributed by atoms with E-state index in [1.807, 2.05) is 13.8 Å². The van der Waals surface area contributed by atoms with Crippen LogP contribution in [0.25, 0.3) is 0 Å². The molecule has 1 aromatic rings. The summed E-state index contributed by atoms with van der Waals surface area (Å²) in [6, 6.07) is 3.26. The Morgan fingerprint density at radius 1 is 1.44 bits per heavy atom. The highest BCUT2D eigenvalue weighted by Crippen LogP contribution is 2.32. The number of pyridine rings is 1. The molecule has 0 amide bonds. The average Bonchev–Trinajstić information content (AvgIpc) is 3.13. The molecule has 0 saturated heterocycles. The van der Waals surface area contributed by atoms with E-state index in [1.165, 1.54) is 6.20 Å². The Balaban J connectivity index is 2.08. The quantitative estimate of drug-likeness (QED) is 0.822. The maximum absolute atomic E-state index is 12.1. The molecular formula is C12H19N3O2S. The van der Waals surface area contributed by atoms with Crippen LogP contribution in [0.2, 0.25) is 0 Å². The molecule has 0 bridgehead atoms. The fourth-order valence-corrected chi connectivity index (χ4v) is 3.09. The van der Waals surface area contributed by atoms with Crippen molar-refractivity contribution >= 4 is 15.8 Å². The molecule has 1 unspecified atom stereocenters. The summed E-state index contributed by atoms with van der Waals surface area (Å²) in [6.07, 6.45) is 3.61. The Morgan fingerprint density at radius 3 is 2.67 bits per heavy atom. The van der Waals surface area contributed by atoms with Crippen LogP contribution in [0, 0.1) is 5.92 Å². The Labute approximate surface area is 108 Å². The third-order valence-corrected chi connectivity index (χ3v) is 4.62. The van der Waals surface area contributed by atoms with Gasteiger partial charge in [-0.25, -0.2) is 18.1 Å². The molecule has 1 aromatic heterocycles. The minimum Gasteiger partial charge on any atom is -0.370 e. The highest BCUT2D eigenvalue weighted by molar-refractivity contribution is 7.89. The van der Waals surface area contributed by atoms with Crippen LogP contribution in [0.15, 0.2) is 23.2 Å². The molecule has 2 N–H and O–H groups in total. The second-order valence-corrected chi connectivity index (χ2v) is 6.37. The number of rotatable bonds is 6. The van der Waals surface area contributed by atoms with Crippen LogP contribution in [0.1, 0.15) is 26.7 Å². The van der Waals surface area contributed by atoms with Crippen molar-refractivity contribution in [3.05, 3.63) is 18.3 Å². The molecule has 1 atom stereocenters. The van der Waals surface area contributed by atoms with Crippen molar-refractivity contribution in [2.24, 2.45) is 5.92 Å². The lowest BCUT2D eigenvalue weighted by atomic mass is 10.2. The van der Waals surface area contributed by atoms with Crippen LogP contribution < -0.4 is 10.0 Å². The maximum Gasteiger partial charge on any atom is 0.242 e. The van der Waals surface area contributed by atoms with Crippen molar-refractivity contribution in [2.75, 3.05) is 11.9 Å². The predicted molar refractivity (Wildman–Crippen MR) is 70.9 cm³/mol. The Bertz CT molecular complexity index is 495. The van der Waals surface area contributed by atoms with Gasteiger partial charge in [0.05, 0.1) is 0 Å². The minimum absolute atomic E-state index is 0.00319. The number of nitrogens with zero attached hydrogens (tertiary/aromatic N) is 1. The van der Waals surface area contributed by atoms with Gasteiger partial charge in [0.15, 0.2) is 0 Å². The van der Waals surface area contributed by atoms with E-state index in [9.17, 15) is 8.42 Å². The van der Waals surface area contributed by atoms with Crippen molar-refractivity contribution < 1.29 is 8.42 Å². The van der Waals surface area contributed by atoms with Gasteiger partial charge in [0.25, 0.3) is 0 Å². The molecule has 18 heavy (non-hydrogen) atoms. The standard InChI is InChI=1S/C12H19N3O2S/c1-3-13-12-7-6-11(8-14-12)18(16,17)15-9(2)10-4-5-10/h6-10,15H,3-5H2,1-2H3,(H,13,14). The largest absolute Gasteiger partial charge is 0.370 e. The Kier molecular flexibility index (Phi) is 3.87. The lowest BCUT2D eigenvalue weighted by Gasteiger charge is -2.13. The van der Waals surface area contributed by atoms with Crippen LogP contribution in [0.3, 0.4) is 0 Å². The molecule has 1 heterocycles. The van der Waals surface area contributed by atoms with Crippen molar-refractivity contribution in [1.29, 1.82) is 0 Å². The van der Waals surface area contributed by atoms with Gasteiger partial charge in [-0.2, -0.15) is 0 Å². The second-order valence-electron chi connectivity index (χ2n) is 4.66. The molecule has 5 nitrogen and oxygen atoms in total. The van der Waals surface area contributed by atoms with Gasteiger partial charge in [-0.15, -0.1) is 0 Å². The van der Waals surface area contributed by atoms with Gasteiger partial charge < -0.3 is 5.32 Å². The summed E-state index contributed by atoms with van der Waals surface area (Å²) in [4.78, 5) is 4.29. The third-order valence-electron chi connectivity index (χ3n) is 3.07. The monoisotopic (exact) mass is 269 g/mol. The predicted octanol–water partition coefficient (Wildman–Crippen LogP) is 1.59. The van der Waals surface area contributed by atoms with Gasteiger partial charge in [0.1, 0.15) is 10.7 Å². The van der Waals surface area contributed by atoms with E-state index in [4.69, 9.17) is 0 Å². The minimum atomic E-state index is -3.44. The third kappa shape index (κ3) is 3.20. The summed E-state index contributed by atoms with van der Waals surface area (Å²) < 4.78 is 26.8. The molecule has 0 aliphatic heterocycles. The van der Waals surface area contributed by atoms with E-state index in [-0.39, 0.29) is 10.9 Å². The van der Waals surface area contributed by atoms with Crippen LogP contribution in [0.4, 0.5) is 5.82 Å². The van der Waals surface area contributed by atoms with Crippen molar-refractivity contribution in [1.82, 2.24) is 9.71 Å². The van der Waals surface area contributed by atoms with Gasteiger partial charge >= 0.3 is 0 Å². The van der Waals surface area contributed by atoms with E-state index in [1.54, 1.807) is 12.1 Å². The molecule has 1 saturated carbocycles. The number of aromatic nitrogens is 1. The van der Waals surface area contributed by atoms with Gasteiger partial charge in [-0.3, -0.25) is 0 Å². The molecule has 100 valence electrons. The molecule has 0 spiro atoms. The topological polar surface area (TPSA) is 71.1 Å². The zero-order chi connectivity index (χ0) is 13.2. The maximum atomic E-state index is 12.1. The number of anilines is 1.